The van der Waals surface area contributed by atoms with Crippen molar-refractivity contribution in [3.8, 4) is 5.75 Å². The Kier molecular flexibility index (Phi) is 6.27. The van der Waals surface area contributed by atoms with E-state index in [4.69, 9.17) is 9.15 Å². The molecule has 0 bridgehead atoms. The fourth-order valence-corrected chi connectivity index (χ4v) is 3.62. The summed E-state index contributed by atoms with van der Waals surface area (Å²) in [4.78, 5) is 14.5. The van der Waals surface area contributed by atoms with Crippen LogP contribution in [-0.2, 0) is 17.8 Å². The van der Waals surface area contributed by atoms with Crippen molar-refractivity contribution < 1.29 is 13.9 Å². The molecule has 29 heavy (non-hydrogen) atoms. The van der Waals surface area contributed by atoms with Crippen LogP contribution in [0.5, 0.6) is 5.75 Å². The third-order valence-electron chi connectivity index (χ3n) is 5.16. The first kappa shape index (κ1) is 19.3. The van der Waals surface area contributed by atoms with Gasteiger partial charge in [0.1, 0.15) is 17.6 Å². The highest BCUT2D eigenvalue weighted by atomic mass is 16.5. The zero-order chi connectivity index (χ0) is 19.9. The second-order valence-electron chi connectivity index (χ2n) is 7.29. The molecule has 1 aliphatic heterocycles. The molecule has 2 aromatic carbocycles. The number of aryl methyl sites for hydroxylation is 1. The summed E-state index contributed by atoms with van der Waals surface area (Å²) in [7, 11) is 0. The Morgan fingerprint density at radius 2 is 1.86 bits per heavy atom. The summed E-state index contributed by atoms with van der Waals surface area (Å²) in [5.74, 6) is 1.82. The Hall–Kier alpha value is -3.05. The lowest BCUT2D eigenvalue weighted by atomic mass is 10.1. The van der Waals surface area contributed by atoms with Crippen LogP contribution in [0, 0.1) is 0 Å². The first-order valence-electron chi connectivity index (χ1n) is 10.1. The molecule has 1 N–H and O–H groups in total. The lowest BCUT2D eigenvalue weighted by molar-refractivity contribution is -0.121. The quantitative estimate of drug-likeness (QED) is 0.663. The maximum Gasteiger partial charge on any atom is 0.220 e. The van der Waals surface area contributed by atoms with Gasteiger partial charge < -0.3 is 14.5 Å². The Morgan fingerprint density at radius 3 is 2.69 bits per heavy atom. The SMILES string of the molecule is O=C(CCc1ccco1)NCCN1Cc2ccccc2OC(c2ccccc2)C1. The van der Waals surface area contributed by atoms with Gasteiger partial charge in [0.2, 0.25) is 5.91 Å². The fraction of sp³-hybridized carbons (Fsp3) is 0.292. The summed E-state index contributed by atoms with van der Waals surface area (Å²) in [6, 6.07) is 22.2. The molecule has 0 saturated heterocycles. The van der Waals surface area contributed by atoms with E-state index >= 15 is 0 Å². The van der Waals surface area contributed by atoms with Crippen molar-refractivity contribution in [3.05, 3.63) is 89.9 Å². The number of nitrogens with one attached hydrogen (secondary N) is 1. The van der Waals surface area contributed by atoms with Crippen LogP contribution in [0.1, 0.15) is 29.4 Å². The van der Waals surface area contributed by atoms with Crippen LogP contribution in [0.4, 0.5) is 0 Å². The summed E-state index contributed by atoms with van der Waals surface area (Å²) in [5.41, 5.74) is 2.34. The number of furan rings is 1. The van der Waals surface area contributed by atoms with Crippen molar-refractivity contribution >= 4 is 5.91 Å². The molecule has 0 saturated carbocycles. The number of para-hydroxylation sites is 1. The number of amides is 1. The fourth-order valence-electron chi connectivity index (χ4n) is 3.62. The molecule has 3 aromatic rings. The smallest absolute Gasteiger partial charge is 0.220 e. The Balaban J connectivity index is 1.35. The van der Waals surface area contributed by atoms with Crippen molar-refractivity contribution in [2.24, 2.45) is 0 Å². The summed E-state index contributed by atoms with van der Waals surface area (Å²) < 4.78 is 11.6. The van der Waals surface area contributed by atoms with Gasteiger partial charge in [0.25, 0.3) is 0 Å². The van der Waals surface area contributed by atoms with E-state index in [0.717, 1.165) is 36.7 Å². The molecule has 0 spiro atoms. The second kappa shape index (κ2) is 9.43. The van der Waals surface area contributed by atoms with Gasteiger partial charge in [-0.2, -0.15) is 0 Å². The van der Waals surface area contributed by atoms with E-state index in [1.165, 1.54) is 5.56 Å². The molecule has 4 rings (SSSR count). The molecule has 0 aliphatic carbocycles. The van der Waals surface area contributed by atoms with E-state index < -0.39 is 0 Å². The van der Waals surface area contributed by atoms with E-state index in [1.807, 2.05) is 48.5 Å². The number of carbonyl (C=O) groups excluding carboxylic acids is 1. The van der Waals surface area contributed by atoms with Crippen molar-refractivity contribution in [1.29, 1.82) is 0 Å². The molecule has 1 amide bonds. The molecule has 0 radical (unpaired) electrons. The van der Waals surface area contributed by atoms with Gasteiger partial charge in [-0.3, -0.25) is 9.69 Å². The van der Waals surface area contributed by atoms with Crippen LogP contribution in [0.2, 0.25) is 0 Å². The van der Waals surface area contributed by atoms with Gasteiger partial charge in [0.05, 0.1) is 6.26 Å². The lowest BCUT2D eigenvalue weighted by Crippen LogP contribution is -2.36. The highest BCUT2D eigenvalue weighted by Crippen LogP contribution is 2.30. The van der Waals surface area contributed by atoms with E-state index in [0.29, 0.717) is 19.4 Å². The van der Waals surface area contributed by atoms with Gasteiger partial charge in [0.15, 0.2) is 0 Å². The van der Waals surface area contributed by atoms with Crippen LogP contribution in [0.3, 0.4) is 0 Å². The molecule has 0 fully saturated rings. The molecule has 1 atom stereocenters. The van der Waals surface area contributed by atoms with Gasteiger partial charge in [-0.25, -0.2) is 0 Å². The molecular weight excluding hydrogens is 364 g/mol. The first-order valence-corrected chi connectivity index (χ1v) is 10.1. The number of rotatable bonds is 7. The normalized spacial score (nSPS) is 16.5. The van der Waals surface area contributed by atoms with Crippen LogP contribution in [-0.4, -0.2) is 30.4 Å². The topological polar surface area (TPSA) is 54.7 Å². The number of carbonyl (C=O) groups is 1. The number of benzene rings is 2. The Morgan fingerprint density at radius 1 is 1.03 bits per heavy atom. The zero-order valence-corrected chi connectivity index (χ0v) is 16.4. The molecule has 150 valence electrons. The third-order valence-corrected chi connectivity index (χ3v) is 5.16. The summed E-state index contributed by atoms with van der Waals surface area (Å²) >= 11 is 0. The molecule has 1 aromatic heterocycles. The minimum atomic E-state index is -0.0329. The maximum absolute atomic E-state index is 12.1. The van der Waals surface area contributed by atoms with Crippen LogP contribution < -0.4 is 10.1 Å². The molecule has 2 heterocycles. The van der Waals surface area contributed by atoms with Gasteiger partial charge in [-0.05, 0) is 23.8 Å². The first-order chi connectivity index (χ1) is 14.3. The Bertz CT molecular complexity index is 909. The predicted octanol–water partition coefficient (Wildman–Crippen LogP) is 3.96. The molecule has 5 heteroatoms. The lowest BCUT2D eigenvalue weighted by Gasteiger charge is -2.24. The van der Waals surface area contributed by atoms with Crippen LogP contribution in [0.15, 0.2) is 77.4 Å². The summed E-state index contributed by atoms with van der Waals surface area (Å²) in [6.07, 6.45) is 2.66. The largest absolute Gasteiger partial charge is 0.484 e. The third kappa shape index (κ3) is 5.27. The van der Waals surface area contributed by atoms with Gasteiger partial charge in [-0.15, -0.1) is 0 Å². The van der Waals surface area contributed by atoms with E-state index in [1.54, 1.807) is 6.26 Å². The van der Waals surface area contributed by atoms with Gasteiger partial charge in [-0.1, -0.05) is 48.5 Å². The summed E-state index contributed by atoms with van der Waals surface area (Å²) in [6.45, 7) is 2.97. The number of hydrogen-bond acceptors (Lipinski definition) is 4. The summed E-state index contributed by atoms with van der Waals surface area (Å²) in [5, 5.41) is 3.03. The minimum Gasteiger partial charge on any atom is -0.484 e. The highest BCUT2D eigenvalue weighted by molar-refractivity contribution is 5.76. The van der Waals surface area contributed by atoms with Crippen LogP contribution >= 0.6 is 0 Å². The standard InChI is InChI=1S/C24H26N2O3/c27-24(13-12-21-10-6-16-28-21)25-14-15-26-17-20-9-4-5-11-22(20)29-23(18-26)19-7-2-1-3-8-19/h1-11,16,23H,12-15,17-18H2,(H,25,27). The van der Waals surface area contributed by atoms with Crippen molar-refractivity contribution in [2.45, 2.75) is 25.5 Å². The van der Waals surface area contributed by atoms with Crippen molar-refractivity contribution in [3.63, 3.8) is 0 Å². The average molecular weight is 390 g/mol. The van der Waals surface area contributed by atoms with Gasteiger partial charge >= 0.3 is 0 Å². The molecule has 1 aliphatic rings. The predicted molar refractivity (Wildman–Crippen MR) is 112 cm³/mol. The van der Waals surface area contributed by atoms with Crippen molar-refractivity contribution in [1.82, 2.24) is 10.2 Å². The molecule has 5 nitrogen and oxygen atoms in total. The Labute approximate surface area is 171 Å². The zero-order valence-electron chi connectivity index (χ0n) is 16.4. The van der Waals surface area contributed by atoms with Crippen LogP contribution in [0.25, 0.3) is 0 Å². The number of ether oxygens (including phenoxy) is 1. The maximum atomic E-state index is 12.1. The number of hydrogen-bond donors (Lipinski definition) is 1. The minimum absolute atomic E-state index is 0.0329. The number of fused-ring (bicyclic) bond motifs is 1. The monoisotopic (exact) mass is 390 g/mol. The second-order valence-corrected chi connectivity index (χ2v) is 7.29. The molecular formula is C24H26N2O3. The molecule has 1 unspecified atom stereocenters. The van der Waals surface area contributed by atoms with E-state index in [-0.39, 0.29) is 12.0 Å². The average Bonchev–Trinajstić information content (AvgIpc) is 3.20. The van der Waals surface area contributed by atoms with Crippen molar-refractivity contribution in [2.75, 3.05) is 19.6 Å². The van der Waals surface area contributed by atoms with E-state index in [9.17, 15) is 4.79 Å². The van der Waals surface area contributed by atoms with E-state index in [2.05, 4.69) is 28.4 Å². The highest BCUT2D eigenvalue weighted by Gasteiger charge is 2.23. The van der Waals surface area contributed by atoms with Gasteiger partial charge in [0, 0.05) is 44.6 Å². The number of nitrogens with zero attached hydrogens (tertiary/aromatic N) is 1.